The maximum atomic E-state index is 11.8. The van der Waals surface area contributed by atoms with Gasteiger partial charge in [0.05, 0.1) is 6.07 Å². The van der Waals surface area contributed by atoms with Crippen LogP contribution in [-0.2, 0) is 0 Å². The van der Waals surface area contributed by atoms with Crippen LogP contribution in [0, 0.1) is 16.7 Å². The Hall–Kier alpha value is -1.14. The van der Waals surface area contributed by atoms with E-state index in [4.69, 9.17) is 5.26 Å². The Morgan fingerprint density at radius 2 is 1.86 bits per heavy atom. The molecule has 1 rings (SSSR count). The van der Waals surface area contributed by atoms with E-state index in [9.17, 15) is 4.79 Å². The molecule has 0 aliphatic heterocycles. The van der Waals surface area contributed by atoms with Crippen LogP contribution in [0.25, 0.3) is 0 Å². The first kappa shape index (κ1) is 10.9. The lowest BCUT2D eigenvalue weighted by Crippen LogP contribution is -2.21. The summed E-state index contributed by atoms with van der Waals surface area (Å²) in [6.07, 6.45) is 0. The summed E-state index contributed by atoms with van der Waals surface area (Å²) in [5.41, 5.74) is -0.381. The second-order valence-corrected chi connectivity index (χ2v) is 4.49. The van der Waals surface area contributed by atoms with Crippen molar-refractivity contribution in [2.45, 2.75) is 13.8 Å². The van der Waals surface area contributed by atoms with Crippen molar-refractivity contribution < 1.29 is 4.79 Å². The van der Waals surface area contributed by atoms with E-state index in [0.29, 0.717) is 5.56 Å². The van der Waals surface area contributed by atoms with E-state index in [1.54, 1.807) is 38.1 Å². The van der Waals surface area contributed by atoms with Gasteiger partial charge in [0, 0.05) is 10.0 Å². The van der Waals surface area contributed by atoms with Crippen molar-refractivity contribution in [3.05, 3.63) is 34.3 Å². The van der Waals surface area contributed by atoms with Crippen LogP contribution in [-0.4, -0.2) is 5.78 Å². The fourth-order valence-electron chi connectivity index (χ4n) is 1.01. The van der Waals surface area contributed by atoms with Crippen molar-refractivity contribution in [3.8, 4) is 6.07 Å². The van der Waals surface area contributed by atoms with Gasteiger partial charge in [0.25, 0.3) is 0 Å². The van der Waals surface area contributed by atoms with Crippen LogP contribution in [0.4, 0.5) is 0 Å². The predicted octanol–water partition coefficient (Wildman–Crippen LogP) is 3.18. The Morgan fingerprint density at radius 3 is 2.29 bits per heavy atom. The third kappa shape index (κ3) is 2.21. The quantitative estimate of drug-likeness (QED) is 0.758. The summed E-state index contributed by atoms with van der Waals surface area (Å²) in [7, 11) is 0. The van der Waals surface area contributed by atoms with Gasteiger partial charge >= 0.3 is 0 Å². The van der Waals surface area contributed by atoms with Crippen LogP contribution in [0.3, 0.4) is 0 Å². The highest BCUT2D eigenvalue weighted by atomic mass is 79.9. The van der Waals surface area contributed by atoms with E-state index in [2.05, 4.69) is 15.9 Å². The second kappa shape index (κ2) is 3.93. The zero-order chi connectivity index (χ0) is 10.8. The highest BCUT2D eigenvalue weighted by molar-refractivity contribution is 9.10. The van der Waals surface area contributed by atoms with Gasteiger partial charge in [0.2, 0.25) is 0 Å². The minimum atomic E-state index is -0.951. The summed E-state index contributed by atoms with van der Waals surface area (Å²) in [5, 5.41) is 8.80. The first-order valence-electron chi connectivity index (χ1n) is 4.19. The molecule has 0 amide bonds. The molecule has 0 fully saturated rings. The molecule has 1 aromatic carbocycles. The van der Waals surface area contributed by atoms with E-state index in [-0.39, 0.29) is 5.78 Å². The van der Waals surface area contributed by atoms with E-state index in [1.165, 1.54) is 0 Å². The Kier molecular flexibility index (Phi) is 3.07. The highest BCUT2D eigenvalue weighted by Crippen LogP contribution is 2.21. The average Bonchev–Trinajstić information content (AvgIpc) is 2.18. The molecule has 0 aliphatic carbocycles. The van der Waals surface area contributed by atoms with Gasteiger partial charge in [0.15, 0.2) is 5.78 Å². The number of Topliss-reactive ketones (excluding diaryl/α,β-unsaturated/α-hetero) is 1. The number of hydrogen-bond acceptors (Lipinski definition) is 2. The third-order valence-corrected chi connectivity index (χ3v) is 2.48. The van der Waals surface area contributed by atoms with Gasteiger partial charge in [-0.2, -0.15) is 5.26 Å². The van der Waals surface area contributed by atoms with E-state index in [0.717, 1.165) is 4.47 Å². The Bertz CT molecular complexity index is 387. The van der Waals surface area contributed by atoms with Crippen molar-refractivity contribution in [3.63, 3.8) is 0 Å². The second-order valence-electron chi connectivity index (χ2n) is 3.57. The minimum absolute atomic E-state index is 0.146. The van der Waals surface area contributed by atoms with Crippen molar-refractivity contribution >= 4 is 21.7 Å². The maximum Gasteiger partial charge on any atom is 0.182 e. The molecule has 0 heterocycles. The van der Waals surface area contributed by atoms with Crippen LogP contribution in [0.15, 0.2) is 28.7 Å². The van der Waals surface area contributed by atoms with Crippen LogP contribution in [0.1, 0.15) is 24.2 Å². The van der Waals surface area contributed by atoms with Crippen molar-refractivity contribution in [1.29, 1.82) is 5.26 Å². The van der Waals surface area contributed by atoms with E-state index >= 15 is 0 Å². The molecular formula is C11H10BrNO. The fraction of sp³-hybridized carbons (Fsp3) is 0.273. The Balaban J connectivity index is 3.03. The van der Waals surface area contributed by atoms with Gasteiger partial charge in [-0.1, -0.05) is 28.1 Å². The summed E-state index contributed by atoms with van der Waals surface area (Å²) < 4.78 is 0.920. The van der Waals surface area contributed by atoms with Gasteiger partial charge in [-0.25, -0.2) is 0 Å². The number of nitrogens with zero attached hydrogens (tertiary/aromatic N) is 1. The molecule has 14 heavy (non-hydrogen) atoms. The minimum Gasteiger partial charge on any atom is -0.292 e. The first-order chi connectivity index (χ1) is 6.47. The number of benzene rings is 1. The maximum absolute atomic E-state index is 11.8. The molecule has 2 nitrogen and oxygen atoms in total. The molecule has 0 unspecified atom stereocenters. The summed E-state index contributed by atoms with van der Waals surface area (Å²) in [6.45, 7) is 3.24. The van der Waals surface area contributed by atoms with Gasteiger partial charge in [-0.15, -0.1) is 0 Å². The summed E-state index contributed by atoms with van der Waals surface area (Å²) >= 11 is 3.29. The molecule has 0 saturated carbocycles. The summed E-state index contributed by atoms with van der Waals surface area (Å²) in [6, 6.07) is 9.01. The van der Waals surface area contributed by atoms with Gasteiger partial charge in [-0.3, -0.25) is 4.79 Å². The lowest BCUT2D eigenvalue weighted by Gasteiger charge is -2.13. The van der Waals surface area contributed by atoms with Gasteiger partial charge in [0.1, 0.15) is 5.41 Å². The van der Waals surface area contributed by atoms with Gasteiger partial charge < -0.3 is 0 Å². The number of rotatable bonds is 2. The third-order valence-electron chi connectivity index (χ3n) is 1.95. The number of carbonyl (C=O) groups is 1. The molecule has 0 bridgehead atoms. The van der Waals surface area contributed by atoms with Crippen LogP contribution in [0.5, 0.6) is 0 Å². The molecule has 0 atom stereocenters. The molecule has 0 saturated heterocycles. The number of halogens is 1. The Labute approximate surface area is 91.7 Å². The zero-order valence-electron chi connectivity index (χ0n) is 8.04. The van der Waals surface area contributed by atoms with Crippen molar-refractivity contribution in [2.75, 3.05) is 0 Å². The molecule has 0 radical (unpaired) electrons. The Morgan fingerprint density at radius 1 is 1.36 bits per heavy atom. The van der Waals surface area contributed by atoms with Crippen molar-refractivity contribution in [1.82, 2.24) is 0 Å². The number of nitriles is 1. The zero-order valence-corrected chi connectivity index (χ0v) is 9.63. The standard InChI is InChI=1S/C11H10BrNO/c1-11(2,7-13)10(14)8-3-5-9(12)6-4-8/h3-6H,1-2H3. The lowest BCUT2D eigenvalue weighted by atomic mass is 9.86. The number of carbonyl (C=O) groups excluding carboxylic acids is 1. The molecule has 72 valence electrons. The summed E-state index contributed by atoms with van der Waals surface area (Å²) in [5.74, 6) is -0.146. The number of hydrogen-bond donors (Lipinski definition) is 0. The average molecular weight is 252 g/mol. The lowest BCUT2D eigenvalue weighted by molar-refractivity contribution is 0.0892. The van der Waals surface area contributed by atoms with E-state index < -0.39 is 5.41 Å². The topological polar surface area (TPSA) is 40.9 Å². The first-order valence-corrected chi connectivity index (χ1v) is 4.98. The molecule has 3 heteroatoms. The SMILES string of the molecule is CC(C)(C#N)C(=O)c1ccc(Br)cc1. The van der Waals surface area contributed by atoms with Crippen molar-refractivity contribution in [2.24, 2.45) is 5.41 Å². The largest absolute Gasteiger partial charge is 0.292 e. The molecule has 0 aliphatic rings. The van der Waals surface area contributed by atoms with Crippen LogP contribution in [0.2, 0.25) is 0 Å². The smallest absolute Gasteiger partial charge is 0.182 e. The number of ketones is 1. The van der Waals surface area contributed by atoms with Crippen LogP contribution >= 0.6 is 15.9 Å². The highest BCUT2D eigenvalue weighted by Gasteiger charge is 2.27. The molecule has 0 aromatic heterocycles. The van der Waals surface area contributed by atoms with Gasteiger partial charge in [-0.05, 0) is 26.0 Å². The predicted molar refractivity (Wildman–Crippen MR) is 57.9 cm³/mol. The van der Waals surface area contributed by atoms with Crippen LogP contribution < -0.4 is 0 Å². The molecule has 0 spiro atoms. The fourth-order valence-corrected chi connectivity index (χ4v) is 1.28. The molecule has 1 aromatic rings. The monoisotopic (exact) mass is 251 g/mol. The summed E-state index contributed by atoms with van der Waals surface area (Å²) in [4.78, 5) is 11.8. The molecular weight excluding hydrogens is 242 g/mol. The molecule has 0 N–H and O–H groups in total. The van der Waals surface area contributed by atoms with E-state index in [1.807, 2.05) is 6.07 Å². The normalized spacial score (nSPS) is 10.7.